The van der Waals surface area contributed by atoms with E-state index >= 15 is 0 Å². The van der Waals surface area contributed by atoms with Gasteiger partial charge in [0, 0.05) is 6.54 Å². The van der Waals surface area contributed by atoms with E-state index < -0.39 is 11.6 Å². The molecule has 1 heterocycles. The lowest BCUT2D eigenvalue weighted by molar-refractivity contribution is 0.414. The third-order valence-electron chi connectivity index (χ3n) is 2.15. The first kappa shape index (κ1) is 11.5. The quantitative estimate of drug-likeness (QED) is 0.891. The van der Waals surface area contributed by atoms with Crippen LogP contribution in [-0.4, -0.2) is 4.98 Å². The van der Waals surface area contributed by atoms with E-state index in [0.717, 1.165) is 6.07 Å². The van der Waals surface area contributed by atoms with Crippen molar-refractivity contribution in [2.45, 2.75) is 6.54 Å². The zero-order chi connectivity index (χ0) is 12.3. The highest BCUT2D eigenvalue weighted by Gasteiger charge is 2.09. The number of nitrogens with two attached hydrogens (primary N) is 1. The Morgan fingerprint density at radius 2 is 2.00 bits per heavy atom. The molecule has 2 aromatic rings. The summed E-state index contributed by atoms with van der Waals surface area (Å²) in [6, 6.07) is 6.99. The second-order valence-corrected chi connectivity index (χ2v) is 3.34. The number of pyridine rings is 1. The van der Waals surface area contributed by atoms with E-state index in [-0.39, 0.29) is 5.75 Å². The van der Waals surface area contributed by atoms with Gasteiger partial charge in [0.05, 0.1) is 11.9 Å². The van der Waals surface area contributed by atoms with Crippen molar-refractivity contribution in [2.24, 2.45) is 5.73 Å². The highest BCUT2D eigenvalue weighted by Crippen LogP contribution is 2.25. The molecule has 0 aliphatic carbocycles. The molecule has 0 aliphatic rings. The van der Waals surface area contributed by atoms with Crippen molar-refractivity contribution in [1.29, 1.82) is 0 Å². The van der Waals surface area contributed by atoms with Crippen molar-refractivity contribution in [3.63, 3.8) is 0 Å². The summed E-state index contributed by atoms with van der Waals surface area (Å²) in [7, 11) is 0. The number of nitrogens with zero attached hydrogens (tertiary/aromatic N) is 1. The highest BCUT2D eigenvalue weighted by molar-refractivity contribution is 5.31. The standard InChI is InChI=1S/C12H10F2N2O/c13-10-2-1-3-11(12(10)14)17-9-5-4-8(6-15)16-7-9/h1-5,7H,6,15H2. The molecule has 0 saturated heterocycles. The zero-order valence-corrected chi connectivity index (χ0v) is 8.86. The smallest absolute Gasteiger partial charge is 0.201 e. The Balaban J connectivity index is 2.22. The van der Waals surface area contributed by atoms with Gasteiger partial charge in [0.25, 0.3) is 0 Å². The molecule has 0 saturated carbocycles. The van der Waals surface area contributed by atoms with Crippen molar-refractivity contribution in [1.82, 2.24) is 4.98 Å². The maximum atomic E-state index is 13.3. The third-order valence-corrected chi connectivity index (χ3v) is 2.15. The average molecular weight is 236 g/mol. The molecule has 2 N–H and O–H groups in total. The fourth-order valence-electron chi connectivity index (χ4n) is 1.28. The first-order valence-electron chi connectivity index (χ1n) is 4.97. The van der Waals surface area contributed by atoms with Crippen LogP contribution < -0.4 is 10.5 Å². The number of ether oxygens (including phenoxy) is 1. The van der Waals surface area contributed by atoms with Gasteiger partial charge in [-0.2, -0.15) is 4.39 Å². The summed E-state index contributed by atoms with van der Waals surface area (Å²) in [6.45, 7) is 0.314. The number of rotatable bonds is 3. The van der Waals surface area contributed by atoms with Gasteiger partial charge in [0.2, 0.25) is 5.82 Å². The van der Waals surface area contributed by atoms with Gasteiger partial charge in [-0.05, 0) is 24.3 Å². The average Bonchev–Trinajstić information content (AvgIpc) is 2.36. The lowest BCUT2D eigenvalue weighted by Gasteiger charge is -2.06. The molecular weight excluding hydrogens is 226 g/mol. The van der Waals surface area contributed by atoms with E-state index in [1.807, 2.05) is 0 Å². The summed E-state index contributed by atoms with van der Waals surface area (Å²) in [5.74, 6) is -1.82. The first-order chi connectivity index (χ1) is 8.20. The van der Waals surface area contributed by atoms with Gasteiger partial charge >= 0.3 is 0 Å². The predicted octanol–water partition coefficient (Wildman–Crippen LogP) is 2.61. The molecule has 0 amide bonds. The third kappa shape index (κ3) is 2.57. The Morgan fingerprint density at radius 3 is 2.65 bits per heavy atom. The number of benzene rings is 1. The number of hydrogen-bond acceptors (Lipinski definition) is 3. The van der Waals surface area contributed by atoms with Crippen LogP contribution in [0.25, 0.3) is 0 Å². The van der Waals surface area contributed by atoms with Gasteiger partial charge < -0.3 is 10.5 Å². The normalized spacial score (nSPS) is 10.3. The van der Waals surface area contributed by atoms with Crippen LogP contribution in [0, 0.1) is 11.6 Å². The molecule has 5 heteroatoms. The van der Waals surface area contributed by atoms with Crippen LogP contribution in [0.3, 0.4) is 0 Å². The molecule has 0 spiro atoms. The molecular formula is C12H10F2N2O. The van der Waals surface area contributed by atoms with Crippen LogP contribution >= 0.6 is 0 Å². The Morgan fingerprint density at radius 1 is 1.18 bits per heavy atom. The van der Waals surface area contributed by atoms with Crippen LogP contribution in [0.4, 0.5) is 8.78 Å². The van der Waals surface area contributed by atoms with Crippen LogP contribution in [0.1, 0.15) is 5.69 Å². The van der Waals surface area contributed by atoms with E-state index in [1.165, 1.54) is 18.3 Å². The van der Waals surface area contributed by atoms with E-state index in [4.69, 9.17) is 10.5 Å². The van der Waals surface area contributed by atoms with Crippen molar-refractivity contribution < 1.29 is 13.5 Å². The molecule has 0 bridgehead atoms. The lowest BCUT2D eigenvalue weighted by atomic mass is 10.3. The number of hydrogen-bond donors (Lipinski definition) is 1. The minimum atomic E-state index is -1.02. The van der Waals surface area contributed by atoms with Crippen LogP contribution in [0.2, 0.25) is 0 Å². The van der Waals surface area contributed by atoms with Crippen molar-refractivity contribution >= 4 is 0 Å². The largest absolute Gasteiger partial charge is 0.453 e. The molecule has 0 aliphatic heterocycles. The maximum Gasteiger partial charge on any atom is 0.201 e. The predicted molar refractivity (Wildman–Crippen MR) is 58.6 cm³/mol. The molecule has 1 aromatic heterocycles. The minimum Gasteiger partial charge on any atom is -0.453 e. The van der Waals surface area contributed by atoms with E-state index in [2.05, 4.69) is 4.98 Å². The van der Waals surface area contributed by atoms with Gasteiger partial charge in [-0.15, -0.1) is 0 Å². The molecule has 0 unspecified atom stereocenters. The molecule has 0 atom stereocenters. The Bertz CT molecular complexity index is 514. The summed E-state index contributed by atoms with van der Waals surface area (Å²) in [4.78, 5) is 3.98. The summed E-state index contributed by atoms with van der Waals surface area (Å²) in [6.07, 6.45) is 1.41. The number of aromatic nitrogens is 1. The zero-order valence-electron chi connectivity index (χ0n) is 8.86. The van der Waals surface area contributed by atoms with Crippen molar-refractivity contribution in [2.75, 3.05) is 0 Å². The van der Waals surface area contributed by atoms with E-state index in [0.29, 0.717) is 18.0 Å². The minimum absolute atomic E-state index is 0.174. The van der Waals surface area contributed by atoms with E-state index in [9.17, 15) is 8.78 Å². The SMILES string of the molecule is NCc1ccc(Oc2cccc(F)c2F)cn1. The summed E-state index contributed by atoms with van der Waals surface area (Å²) < 4.78 is 31.4. The molecule has 17 heavy (non-hydrogen) atoms. The summed E-state index contributed by atoms with van der Waals surface area (Å²) in [5.41, 5.74) is 6.08. The topological polar surface area (TPSA) is 48.1 Å². The van der Waals surface area contributed by atoms with Gasteiger partial charge in [0.15, 0.2) is 11.6 Å². The molecule has 88 valence electrons. The molecule has 0 fully saturated rings. The van der Waals surface area contributed by atoms with Gasteiger partial charge in [0.1, 0.15) is 5.75 Å². The number of halogens is 2. The Hall–Kier alpha value is -2.01. The van der Waals surface area contributed by atoms with Gasteiger partial charge in [-0.1, -0.05) is 6.07 Å². The molecule has 2 rings (SSSR count). The van der Waals surface area contributed by atoms with Gasteiger partial charge in [-0.25, -0.2) is 4.39 Å². The molecule has 1 aromatic carbocycles. The summed E-state index contributed by atoms with van der Waals surface area (Å²) >= 11 is 0. The molecule has 3 nitrogen and oxygen atoms in total. The van der Waals surface area contributed by atoms with E-state index in [1.54, 1.807) is 12.1 Å². The van der Waals surface area contributed by atoms with Crippen molar-refractivity contribution in [3.05, 3.63) is 53.9 Å². The second-order valence-electron chi connectivity index (χ2n) is 3.34. The van der Waals surface area contributed by atoms with Crippen LogP contribution in [0.15, 0.2) is 36.5 Å². The summed E-state index contributed by atoms with van der Waals surface area (Å²) in [5, 5.41) is 0. The van der Waals surface area contributed by atoms with Crippen LogP contribution in [-0.2, 0) is 6.54 Å². The fraction of sp³-hybridized carbons (Fsp3) is 0.0833. The van der Waals surface area contributed by atoms with Gasteiger partial charge in [-0.3, -0.25) is 4.98 Å². The second kappa shape index (κ2) is 4.88. The highest BCUT2D eigenvalue weighted by atomic mass is 19.2. The van der Waals surface area contributed by atoms with Crippen molar-refractivity contribution in [3.8, 4) is 11.5 Å². The first-order valence-corrected chi connectivity index (χ1v) is 4.97. The maximum absolute atomic E-state index is 13.3. The molecule has 0 radical (unpaired) electrons. The Labute approximate surface area is 96.9 Å². The monoisotopic (exact) mass is 236 g/mol. The Kier molecular flexibility index (Phi) is 3.30. The fourth-order valence-corrected chi connectivity index (χ4v) is 1.28. The lowest BCUT2D eigenvalue weighted by Crippen LogP contribution is -1.99. The van der Waals surface area contributed by atoms with Crippen LogP contribution in [0.5, 0.6) is 11.5 Å².